The van der Waals surface area contributed by atoms with E-state index in [1.54, 1.807) is 11.3 Å². The van der Waals surface area contributed by atoms with Crippen molar-refractivity contribution < 1.29 is 0 Å². The second-order valence-corrected chi connectivity index (χ2v) is 5.56. The Morgan fingerprint density at radius 1 is 1.50 bits per heavy atom. The van der Waals surface area contributed by atoms with Crippen LogP contribution >= 0.6 is 23.1 Å². The quantitative estimate of drug-likeness (QED) is 0.771. The molecule has 2 rings (SSSR count). The molecule has 0 fully saturated rings. The van der Waals surface area contributed by atoms with Crippen molar-refractivity contribution in [3.63, 3.8) is 0 Å². The minimum absolute atomic E-state index is 0.883. The number of nitrogens with zero attached hydrogens (tertiary/aromatic N) is 2. The maximum absolute atomic E-state index is 4.52. The van der Waals surface area contributed by atoms with E-state index in [1.165, 1.54) is 18.6 Å². The Labute approximate surface area is 104 Å². The number of rotatable bonds is 7. The Morgan fingerprint density at radius 2 is 2.44 bits per heavy atom. The summed E-state index contributed by atoms with van der Waals surface area (Å²) in [5.74, 6) is 1.27. The third-order valence-electron chi connectivity index (χ3n) is 2.40. The van der Waals surface area contributed by atoms with E-state index in [9.17, 15) is 0 Å². The van der Waals surface area contributed by atoms with Gasteiger partial charge in [-0.15, -0.1) is 11.3 Å². The zero-order valence-electron chi connectivity index (χ0n) is 9.48. The Bertz CT molecular complexity index is 393. The first-order valence-corrected chi connectivity index (χ1v) is 7.78. The molecule has 0 spiro atoms. The van der Waals surface area contributed by atoms with Gasteiger partial charge in [0.15, 0.2) is 4.96 Å². The summed E-state index contributed by atoms with van der Waals surface area (Å²) in [6, 6.07) is 0. The molecule has 0 aliphatic heterocycles. The molecule has 0 saturated carbocycles. The number of nitrogens with one attached hydrogen (secondary N) is 1. The molecule has 0 aromatic carbocycles. The first-order chi connectivity index (χ1) is 7.90. The van der Waals surface area contributed by atoms with Gasteiger partial charge in [-0.05, 0) is 31.4 Å². The third kappa shape index (κ3) is 3.23. The molecular formula is C11H17N3S2. The number of hydrogen-bond donors (Lipinski definition) is 1. The fourth-order valence-corrected chi connectivity index (χ4v) is 2.79. The smallest absolute Gasteiger partial charge is 0.193 e. The summed E-state index contributed by atoms with van der Waals surface area (Å²) in [7, 11) is 0. The highest BCUT2D eigenvalue weighted by atomic mass is 32.2. The first kappa shape index (κ1) is 12.0. The van der Waals surface area contributed by atoms with E-state index in [0.717, 1.165) is 23.7 Å². The molecule has 0 saturated heterocycles. The van der Waals surface area contributed by atoms with Gasteiger partial charge in [0.05, 0.1) is 5.69 Å². The van der Waals surface area contributed by atoms with E-state index in [-0.39, 0.29) is 0 Å². The molecule has 5 heteroatoms. The van der Waals surface area contributed by atoms with Crippen molar-refractivity contribution in [2.75, 3.05) is 18.6 Å². The molecule has 0 unspecified atom stereocenters. The predicted octanol–water partition coefficient (Wildman–Crippen LogP) is 2.63. The second-order valence-electron chi connectivity index (χ2n) is 3.70. The molecule has 2 heterocycles. The van der Waals surface area contributed by atoms with E-state index in [2.05, 4.69) is 38.7 Å². The minimum Gasteiger partial charge on any atom is -0.311 e. The average Bonchev–Trinajstić information content (AvgIpc) is 2.83. The molecule has 0 aliphatic carbocycles. The van der Waals surface area contributed by atoms with E-state index in [4.69, 9.17) is 0 Å². The topological polar surface area (TPSA) is 29.3 Å². The molecule has 0 atom stereocenters. The van der Waals surface area contributed by atoms with Crippen LogP contribution in [0.1, 0.15) is 18.5 Å². The number of aromatic nitrogens is 2. The molecule has 3 nitrogen and oxygen atoms in total. The maximum atomic E-state index is 4.52. The van der Waals surface area contributed by atoms with Crippen LogP contribution in [0.3, 0.4) is 0 Å². The van der Waals surface area contributed by atoms with Gasteiger partial charge >= 0.3 is 0 Å². The Morgan fingerprint density at radius 3 is 3.25 bits per heavy atom. The van der Waals surface area contributed by atoms with Gasteiger partial charge < -0.3 is 5.32 Å². The highest BCUT2D eigenvalue weighted by Gasteiger charge is 2.01. The van der Waals surface area contributed by atoms with Crippen LogP contribution in [-0.4, -0.2) is 27.9 Å². The maximum Gasteiger partial charge on any atom is 0.193 e. The summed E-state index contributed by atoms with van der Waals surface area (Å²) in [5, 5.41) is 5.49. The lowest BCUT2D eigenvalue weighted by Crippen LogP contribution is -2.15. The van der Waals surface area contributed by atoms with Crippen LogP contribution in [0.2, 0.25) is 0 Å². The zero-order valence-corrected chi connectivity index (χ0v) is 11.1. The lowest BCUT2D eigenvalue weighted by molar-refractivity contribution is 0.637. The molecular weight excluding hydrogens is 238 g/mol. The highest BCUT2D eigenvalue weighted by molar-refractivity contribution is 7.98. The molecule has 2 aromatic heterocycles. The van der Waals surface area contributed by atoms with Gasteiger partial charge in [0.2, 0.25) is 0 Å². The number of imidazole rings is 1. The van der Waals surface area contributed by atoms with Crippen LogP contribution in [-0.2, 0) is 6.54 Å². The van der Waals surface area contributed by atoms with Crippen molar-refractivity contribution in [2.24, 2.45) is 0 Å². The largest absolute Gasteiger partial charge is 0.311 e. The number of unbranched alkanes of at least 4 members (excludes halogenated alkanes) is 1. The summed E-state index contributed by atoms with van der Waals surface area (Å²) in [4.78, 5) is 5.60. The number of thiazole rings is 1. The summed E-state index contributed by atoms with van der Waals surface area (Å²) >= 11 is 3.60. The van der Waals surface area contributed by atoms with E-state index >= 15 is 0 Å². The highest BCUT2D eigenvalue weighted by Crippen LogP contribution is 2.10. The van der Waals surface area contributed by atoms with Crippen LogP contribution in [0.15, 0.2) is 17.8 Å². The molecule has 88 valence electrons. The Hall–Kier alpha value is -0.520. The fourth-order valence-electron chi connectivity index (χ4n) is 1.57. The molecule has 2 aromatic rings. The van der Waals surface area contributed by atoms with Gasteiger partial charge in [0, 0.05) is 24.3 Å². The van der Waals surface area contributed by atoms with E-state index in [1.807, 2.05) is 11.8 Å². The van der Waals surface area contributed by atoms with Crippen LogP contribution in [0.4, 0.5) is 0 Å². The van der Waals surface area contributed by atoms with Crippen LogP contribution in [0.25, 0.3) is 4.96 Å². The van der Waals surface area contributed by atoms with Crippen LogP contribution < -0.4 is 5.32 Å². The predicted molar refractivity (Wildman–Crippen MR) is 72.4 cm³/mol. The normalized spacial score (nSPS) is 11.3. The zero-order chi connectivity index (χ0) is 11.2. The second kappa shape index (κ2) is 6.27. The molecule has 16 heavy (non-hydrogen) atoms. The van der Waals surface area contributed by atoms with E-state index in [0.29, 0.717) is 0 Å². The molecule has 0 radical (unpaired) electrons. The molecule has 0 bridgehead atoms. The van der Waals surface area contributed by atoms with Crippen molar-refractivity contribution in [1.82, 2.24) is 14.7 Å². The molecule has 0 amide bonds. The van der Waals surface area contributed by atoms with Gasteiger partial charge in [-0.1, -0.05) is 0 Å². The number of thioether (sulfide) groups is 1. The number of hydrogen-bond acceptors (Lipinski definition) is 4. The summed E-state index contributed by atoms with van der Waals surface area (Å²) in [6.45, 7) is 1.97. The van der Waals surface area contributed by atoms with Crippen molar-refractivity contribution in [1.29, 1.82) is 0 Å². The van der Waals surface area contributed by atoms with Crippen molar-refractivity contribution in [3.8, 4) is 0 Å². The van der Waals surface area contributed by atoms with Crippen LogP contribution in [0, 0.1) is 0 Å². The van der Waals surface area contributed by atoms with Crippen molar-refractivity contribution >= 4 is 28.1 Å². The van der Waals surface area contributed by atoms with Gasteiger partial charge in [0.1, 0.15) is 0 Å². The monoisotopic (exact) mass is 255 g/mol. The summed E-state index contributed by atoms with van der Waals surface area (Å²) in [6.07, 6.45) is 8.86. The fraction of sp³-hybridized carbons (Fsp3) is 0.545. The van der Waals surface area contributed by atoms with E-state index < -0.39 is 0 Å². The van der Waals surface area contributed by atoms with Crippen molar-refractivity contribution in [2.45, 2.75) is 19.4 Å². The van der Waals surface area contributed by atoms with Gasteiger partial charge in [-0.3, -0.25) is 4.40 Å². The van der Waals surface area contributed by atoms with Gasteiger partial charge in [-0.25, -0.2) is 4.98 Å². The molecule has 1 N–H and O–H groups in total. The Balaban J connectivity index is 1.68. The number of fused-ring (bicyclic) bond motifs is 1. The van der Waals surface area contributed by atoms with Gasteiger partial charge in [0.25, 0.3) is 0 Å². The third-order valence-corrected chi connectivity index (χ3v) is 3.87. The van der Waals surface area contributed by atoms with Gasteiger partial charge in [-0.2, -0.15) is 11.8 Å². The summed E-state index contributed by atoms with van der Waals surface area (Å²) in [5.41, 5.74) is 1.14. The van der Waals surface area contributed by atoms with Crippen molar-refractivity contribution in [3.05, 3.63) is 23.5 Å². The van der Waals surface area contributed by atoms with Crippen LogP contribution in [0.5, 0.6) is 0 Å². The standard InChI is InChI=1S/C11H17N3S2/c1-15-6-3-2-4-12-8-10-9-14-5-7-16-11(14)13-10/h5,7,9,12H,2-4,6,8H2,1H3. The average molecular weight is 255 g/mol. The lowest BCUT2D eigenvalue weighted by atomic mass is 10.3. The Kier molecular flexibility index (Phi) is 4.69. The summed E-state index contributed by atoms with van der Waals surface area (Å²) < 4.78 is 2.08. The lowest BCUT2D eigenvalue weighted by Gasteiger charge is -2.01. The SMILES string of the molecule is CSCCCCNCc1cn2ccsc2n1. The minimum atomic E-state index is 0.883. The first-order valence-electron chi connectivity index (χ1n) is 5.51. The molecule has 0 aliphatic rings.